The first-order chi connectivity index (χ1) is 14.8. The van der Waals surface area contributed by atoms with Gasteiger partial charge in [-0.1, -0.05) is 11.3 Å². The lowest BCUT2D eigenvalue weighted by Gasteiger charge is -2.05. The Kier molecular flexibility index (Phi) is 5.94. The average Bonchev–Trinajstić information content (AvgIpc) is 3.30. The lowest BCUT2D eigenvalue weighted by Crippen LogP contribution is -2.23. The number of aromatic amines is 2. The normalized spacial score (nSPS) is 10.9. The number of carbonyl (C=O) groups excluding carboxylic acids is 2. The summed E-state index contributed by atoms with van der Waals surface area (Å²) >= 11 is 7.85. The minimum absolute atomic E-state index is 0.0949. The molecule has 3 heterocycles. The lowest BCUT2D eigenvalue weighted by atomic mass is 10.2. The van der Waals surface area contributed by atoms with E-state index in [1.807, 2.05) is 0 Å². The zero-order valence-electron chi connectivity index (χ0n) is 15.5. The highest BCUT2D eigenvalue weighted by Gasteiger charge is 2.15. The number of aromatic nitrogens is 3. The first-order valence-electron chi connectivity index (χ1n) is 8.75. The van der Waals surface area contributed by atoms with E-state index in [0.717, 1.165) is 9.17 Å². The third-order valence-corrected chi connectivity index (χ3v) is 6.95. The van der Waals surface area contributed by atoms with Crippen LogP contribution < -0.4 is 16.1 Å². The first-order valence-corrected chi connectivity index (χ1v) is 11.1. The quantitative estimate of drug-likeness (QED) is 0.250. The van der Waals surface area contributed by atoms with Crippen molar-refractivity contribution in [2.75, 3.05) is 5.32 Å². The number of pyridine rings is 1. The van der Waals surface area contributed by atoms with Gasteiger partial charge in [-0.2, -0.15) is 0 Å². The highest BCUT2D eigenvalue weighted by Crippen LogP contribution is 2.28. The van der Waals surface area contributed by atoms with Gasteiger partial charge in [0.2, 0.25) is 5.43 Å². The molecule has 2 amide bonds. The number of halogens is 2. The van der Waals surface area contributed by atoms with Gasteiger partial charge >= 0.3 is 0 Å². The monoisotopic (exact) mass is 565 g/mol. The molecule has 0 aliphatic heterocycles. The molecule has 0 atom stereocenters. The maximum absolute atomic E-state index is 12.5. The van der Waals surface area contributed by atoms with E-state index < -0.39 is 5.43 Å². The molecule has 0 radical (unpaired) electrons. The van der Waals surface area contributed by atoms with Gasteiger partial charge in [0.1, 0.15) is 5.69 Å². The van der Waals surface area contributed by atoms with Gasteiger partial charge in [0.15, 0.2) is 10.9 Å². The third-order valence-electron chi connectivity index (χ3n) is 4.23. The number of H-pyrrole nitrogens is 2. The van der Waals surface area contributed by atoms with Gasteiger partial charge in [-0.3, -0.25) is 19.7 Å². The number of benzene rings is 1. The maximum Gasteiger partial charge on any atom is 0.273 e. The van der Waals surface area contributed by atoms with Crippen LogP contribution in [0.1, 0.15) is 26.5 Å². The van der Waals surface area contributed by atoms with E-state index in [9.17, 15) is 19.5 Å². The van der Waals surface area contributed by atoms with Crippen molar-refractivity contribution in [3.63, 3.8) is 0 Å². The van der Waals surface area contributed by atoms with E-state index >= 15 is 0 Å². The van der Waals surface area contributed by atoms with Crippen LogP contribution in [0.4, 0.5) is 5.13 Å². The van der Waals surface area contributed by atoms with Crippen molar-refractivity contribution in [1.82, 2.24) is 20.3 Å². The minimum Gasteiger partial charge on any atom is -0.503 e. The van der Waals surface area contributed by atoms with Gasteiger partial charge in [0, 0.05) is 23.5 Å². The summed E-state index contributed by atoms with van der Waals surface area (Å²) in [5.74, 6) is -1.06. The molecule has 5 N–H and O–H groups in total. The van der Waals surface area contributed by atoms with E-state index in [1.54, 1.807) is 24.3 Å². The fourth-order valence-corrected chi connectivity index (χ4v) is 4.25. The van der Waals surface area contributed by atoms with Crippen molar-refractivity contribution in [1.29, 1.82) is 0 Å². The van der Waals surface area contributed by atoms with Crippen LogP contribution in [0.15, 0.2) is 50.4 Å². The van der Waals surface area contributed by atoms with Gasteiger partial charge in [0.25, 0.3) is 11.8 Å². The van der Waals surface area contributed by atoms with Crippen LogP contribution in [0.5, 0.6) is 5.75 Å². The van der Waals surface area contributed by atoms with E-state index in [-0.39, 0.29) is 24.1 Å². The topological polar surface area (TPSA) is 140 Å². The van der Waals surface area contributed by atoms with Gasteiger partial charge in [-0.05, 0) is 56.1 Å². The molecule has 0 aliphatic rings. The van der Waals surface area contributed by atoms with Crippen LogP contribution >= 0.6 is 43.2 Å². The second-order valence-electron chi connectivity index (χ2n) is 6.39. The molecule has 4 rings (SSSR count). The van der Waals surface area contributed by atoms with Crippen molar-refractivity contribution < 1.29 is 14.7 Å². The number of rotatable bonds is 5. The summed E-state index contributed by atoms with van der Waals surface area (Å²) in [5, 5.41) is 15.1. The summed E-state index contributed by atoms with van der Waals surface area (Å²) in [4.78, 5) is 46.3. The highest BCUT2D eigenvalue weighted by molar-refractivity contribution is 9.13. The molecule has 0 aliphatic carbocycles. The van der Waals surface area contributed by atoms with Crippen molar-refractivity contribution in [2.24, 2.45) is 0 Å². The number of nitrogens with zero attached hydrogens (tertiary/aromatic N) is 1. The lowest BCUT2D eigenvalue weighted by molar-refractivity contribution is 0.0949. The maximum atomic E-state index is 12.5. The van der Waals surface area contributed by atoms with Crippen molar-refractivity contribution in [3.05, 3.63) is 72.8 Å². The van der Waals surface area contributed by atoms with Gasteiger partial charge in [-0.25, -0.2) is 4.98 Å². The number of anilines is 1. The molecule has 31 heavy (non-hydrogen) atoms. The standard InChI is InChI=1S/C19H13Br2N5O4S/c20-10-5-12(24-16(10)21)18(30)26-19-25-11-2-1-8(3-15(11)31-19)17(29)23-6-9-4-13(27)14(28)7-22-9/h1-5,7,24,28H,6H2,(H,22,27)(H,23,29)(H,25,26,30). The average molecular weight is 567 g/mol. The fraction of sp³-hybridized carbons (Fsp3) is 0.0526. The Morgan fingerprint density at radius 3 is 2.68 bits per heavy atom. The van der Waals surface area contributed by atoms with Crippen LogP contribution in [0.3, 0.4) is 0 Å². The van der Waals surface area contributed by atoms with Gasteiger partial charge < -0.3 is 20.4 Å². The Hall–Kier alpha value is -2.96. The van der Waals surface area contributed by atoms with Crippen LogP contribution in [0, 0.1) is 0 Å². The summed E-state index contributed by atoms with van der Waals surface area (Å²) < 4.78 is 2.12. The van der Waals surface area contributed by atoms with Crippen molar-refractivity contribution in [2.45, 2.75) is 6.54 Å². The zero-order chi connectivity index (χ0) is 22.1. The predicted molar refractivity (Wildman–Crippen MR) is 124 cm³/mol. The van der Waals surface area contributed by atoms with Crippen molar-refractivity contribution in [3.8, 4) is 5.75 Å². The number of nitrogens with one attached hydrogen (secondary N) is 4. The first kappa shape index (κ1) is 21.3. The van der Waals surface area contributed by atoms with Crippen LogP contribution in [0.25, 0.3) is 10.2 Å². The van der Waals surface area contributed by atoms with Crippen LogP contribution in [0.2, 0.25) is 0 Å². The van der Waals surface area contributed by atoms with E-state index in [0.29, 0.717) is 32.2 Å². The predicted octanol–water partition coefficient (Wildman–Crippen LogP) is 3.73. The SMILES string of the molecule is O=C(NCc1cc(=O)c(O)c[nH]1)c1ccc2nc(NC(=O)c3cc(Br)c(Br)[nH]3)sc2c1. The summed E-state index contributed by atoms with van der Waals surface area (Å²) in [6, 6.07) is 7.87. The van der Waals surface area contributed by atoms with Crippen LogP contribution in [-0.2, 0) is 6.54 Å². The molecule has 0 spiro atoms. The minimum atomic E-state index is -0.525. The number of fused-ring (bicyclic) bond motifs is 1. The molecule has 4 aromatic rings. The third kappa shape index (κ3) is 4.70. The molecule has 3 aromatic heterocycles. The molecule has 0 bridgehead atoms. The summed E-state index contributed by atoms with van der Waals surface area (Å²) in [7, 11) is 0. The Balaban J connectivity index is 1.46. The second-order valence-corrected chi connectivity index (χ2v) is 9.07. The van der Waals surface area contributed by atoms with Gasteiger partial charge in [-0.15, -0.1) is 0 Å². The molecule has 12 heteroatoms. The molecular formula is C19H13Br2N5O4S. The fourth-order valence-electron chi connectivity index (χ4n) is 2.70. The molecule has 0 fully saturated rings. The van der Waals surface area contributed by atoms with E-state index in [1.165, 1.54) is 23.6 Å². The molecule has 0 saturated carbocycles. The Labute approximate surface area is 195 Å². The smallest absolute Gasteiger partial charge is 0.273 e. The summed E-state index contributed by atoms with van der Waals surface area (Å²) in [6.07, 6.45) is 1.17. The summed E-state index contributed by atoms with van der Waals surface area (Å²) in [6.45, 7) is 0.0949. The molecule has 158 valence electrons. The Morgan fingerprint density at radius 1 is 1.16 bits per heavy atom. The van der Waals surface area contributed by atoms with E-state index in [4.69, 9.17) is 0 Å². The van der Waals surface area contributed by atoms with E-state index in [2.05, 4.69) is 57.4 Å². The number of thiazole rings is 1. The Morgan fingerprint density at radius 2 is 1.97 bits per heavy atom. The van der Waals surface area contributed by atoms with Crippen molar-refractivity contribution >= 4 is 70.4 Å². The Bertz CT molecular complexity index is 1360. The van der Waals surface area contributed by atoms with Gasteiger partial charge in [0.05, 0.1) is 25.8 Å². The summed E-state index contributed by atoms with van der Waals surface area (Å²) in [5.41, 5.74) is 1.36. The zero-order valence-corrected chi connectivity index (χ0v) is 19.4. The van der Waals surface area contributed by atoms with Crippen LogP contribution in [-0.4, -0.2) is 31.9 Å². The highest BCUT2D eigenvalue weighted by atomic mass is 79.9. The number of hydrogen-bond donors (Lipinski definition) is 5. The molecule has 0 saturated heterocycles. The molecule has 1 aromatic carbocycles. The molecule has 0 unspecified atom stereocenters. The second kappa shape index (κ2) is 8.65. The number of amides is 2. The molecular weight excluding hydrogens is 554 g/mol. The number of hydrogen-bond acceptors (Lipinski definition) is 6. The number of carbonyl (C=O) groups is 2. The number of aromatic hydroxyl groups is 1. The largest absolute Gasteiger partial charge is 0.503 e. The molecule has 9 nitrogen and oxygen atoms in total.